The minimum atomic E-state index is -0.383. The Labute approximate surface area is 131 Å². The third kappa shape index (κ3) is 2.97. The van der Waals surface area contributed by atoms with Gasteiger partial charge in [-0.05, 0) is 35.7 Å². The summed E-state index contributed by atoms with van der Waals surface area (Å²) in [7, 11) is 5.13. The first-order chi connectivity index (χ1) is 10.5. The van der Waals surface area contributed by atoms with Crippen LogP contribution in [0.25, 0.3) is 11.1 Å². The molecule has 0 radical (unpaired) electrons. The van der Waals surface area contributed by atoms with E-state index in [1.54, 1.807) is 6.07 Å². The molecule has 22 heavy (non-hydrogen) atoms. The monoisotopic (exact) mass is 299 g/mol. The topological polar surface area (TPSA) is 49.8 Å². The van der Waals surface area contributed by atoms with Gasteiger partial charge in [0.05, 0.1) is 19.3 Å². The van der Waals surface area contributed by atoms with Crippen LogP contribution in [0.1, 0.15) is 21.5 Å². The number of hydrogen-bond acceptors (Lipinski definition) is 4. The van der Waals surface area contributed by atoms with Crippen molar-refractivity contribution in [1.82, 2.24) is 0 Å². The van der Waals surface area contributed by atoms with Crippen molar-refractivity contribution in [3.63, 3.8) is 0 Å². The Bertz CT molecular complexity index is 693. The van der Waals surface area contributed by atoms with Crippen LogP contribution in [0.15, 0.2) is 36.4 Å². The molecule has 2 aromatic carbocycles. The zero-order valence-electron chi connectivity index (χ0n) is 13.4. The van der Waals surface area contributed by atoms with E-state index in [1.165, 1.54) is 7.11 Å². The normalized spacial score (nSPS) is 10.4. The number of benzene rings is 2. The molecule has 2 rings (SSSR count). The summed E-state index contributed by atoms with van der Waals surface area (Å²) in [6, 6.07) is 11.5. The first-order valence-electron chi connectivity index (χ1n) is 7.09. The summed E-state index contributed by atoms with van der Waals surface area (Å²) in [6.07, 6.45) is 0. The van der Waals surface area contributed by atoms with E-state index in [0.717, 1.165) is 27.9 Å². The number of aryl methyl sites for hydroxylation is 1. The number of hydrogen-bond donors (Lipinski definition) is 1. The Morgan fingerprint density at radius 3 is 2.41 bits per heavy atom. The molecule has 0 unspecified atom stereocenters. The van der Waals surface area contributed by atoms with Crippen molar-refractivity contribution in [2.75, 3.05) is 26.1 Å². The zero-order chi connectivity index (χ0) is 16.3. The molecule has 0 saturated heterocycles. The van der Waals surface area contributed by atoms with Gasteiger partial charge in [0.25, 0.3) is 0 Å². The smallest absolute Gasteiger partial charge is 0.338 e. The first-order valence-corrected chi connectivity index (χ1v) is 7.09. The molecule has 0 amide bonds. The van der Waals surface area contributed by atoms with Gasteiger partial charge in [0.1, 0.15) is 0 Å². The van der Waals surface area contributed by atoms with Crippen LogP contribution in [0, 0.1) is 6.92 Å². The Balaban J connectivity index is 2.76. The van der Waals surface area contributed by atoms with Gasteiger partial charge < -0.3 is 14.7 Å². The van der Waals surface area contributed by atoms with E-state index in [2.05, 4.69) is 0 Å². The molecular formula is C18H21NO3. The van der Waals surface area contributed by atoms with Crippen molar-refractivity contribution < 1.29 is 14.6 Å². The Morgan fingerprint density at radius 2 is 1.86 bits per heavy atom. The number of methoxy groups -OCH3 is 1. The molecule has 0 aliphatic heterocycles. The van der Waals surface area contributed by atoms with Gasteiger partial charge in [-0.3, -0.25) is 0 Å². The lowest BCUT2D eigenvalue weighted by atomic mass is 9.93. The van der Waals surface area contributed by atoms with E-state index in [9.17, 15) is 9.90 Å². The predicted molar refractivity (Wildman–Crippen MR) is 88.2 cm³/mol. The van der Waals surface area contributed by atoms with Crippen molar-refractivity contribution >= 4 is 11.7 Å². The van der Waals surface area contributed by atoms with Gasteiger partial charge >= 0.3 is 5.97 Å². The maximum Gasteiger partial charge on any atom is 0.338 e. The van der Waals surface area contributed by atoms with E-state index in [0.29, 0.717) is 5.56 Å². The van der Waals surface area contributed by atoms with E-state index in [4.69, 9.17) is 4.74 Å². The molecule has 0 heterocycles. The highest BCUT2D eigenvalue weighted by molar-refractivity contribution is 5.99. The summed E-state index contributed by atoms with van der Waals surface area (Å²) in [5, 5.41) is 9.65. The summed E-state index contributed by atoms with van der Waals surface area (Å²) in [5.74, 6) is -0.383. The minimum absolute atomic E-state index is 0.0894. The van der Waals surface area contributed by atoms with Crippen LogP contribution in [0.3, 0.4) is 0 Å². The summed E-state index contributed by atoms with van der Waals surface area (Å²) in [6.45, 7) is 1.91. The average molecular weight is 299 g/mol. The summed E-state index contributed by atoms with van der Waals surface area (Å²) < 4.78 is 4.93. The van der Waals surface area contributed by atoms with Crippen LogP contribution in [0.5, 0.6) is 0 Å². The summed E-state index contributed by atoms with van der Waals surface area (Å²) in [5.41, 5.74) is 4.88. The van der Waals surface area contributed by atoms with Gasteiger partial charge in [-0.1, -0.05) is 24.3 Å². The molecule has 0 aliphatic rings. The number of anilines is 1. The Hall–Kier alpha value is -2.33. The highest BCUT2D eigenvalue weighted by atomic mass is 16.5. The standard InChI is InChI=1S/C18H21NO3/c1-12-7-5-6-8-14(12)15-9-13(11-20)17(19(2)3)10-16(15)18(21)22-4/h5-10,20H,11H2,1-4H3. The third-order valence-electron chi connectivity index (χ3n) is 3.71. The Morgan fingerprint density at radius 1 is 1.18 bits per heavy atom. The molecule has 4 nitrogen and oxygen atoms in total. The minimum Gasteiger partial charge on any atom is -0.465 e. The fourth-order valence-corrected chi connectivity index (χ4v) is 2.55. The van der Waals surface area contributed by atoms with Crippen LogP contribution in [-0.2, 0) is 11.3 Å². The van der Waals surface area contributed by atoms with Crippen LogP contribution < -0.4 is 4.90 Å². The molecule has 0 atom stereocenters. The first kappa shape index (κ1) is 16.0. The number of nitrogens with zero attached hydrogens (tertiary/aromatic N) is 1. The van der Waals surface area contributed by atoms with Gasteiger partial charge in [0.2, 0.25) is 0 Å². The number of ether oxygens (including phenoxy) is 1. The summed E-state index contributed by atoms with van der Waals surface area (Å²) in [4.78, 5) is 14.1. The second-order valence-electron chi connectivity index (χ2n) is 5.39. The van der Waals surface area contributed by atoms with Crippen molar-refractivity contribution in [3.05, 3.63) is 53.1 Å². The lowest BCUT2D eigenvalue weighted by Gasteiger charge is -2.20. The van der Waals surface area contributed by atoms with E-state index < -0.39 is 0 Å². The van der Waals surface area contributed by atoms with Gasteiger partial charge in [0.15, 0.2) is 0 Å². The lowest BCUT2D eigenvalue weighted by molar-refractivity contribution is 0.0601. The lowest BCUT2D eigenvalue weighted by Crippen LogP contribution is -2.14. The maximum atomic E-state index is 12.2. The number of aliphatic hydroxyl groups excluding tert-OH is 1. The molecule has 0 aromatic heterocycles. The van der Waals surface area contributed by atoms with Crippen LogP contribution in [0.2, 0.25) is 0 Å². The number of carbonyl (C=O) groups excluding carboxylic acids is 1. The van der Waals surface area contributed by atoms with E-state index >= 15 is 0 Å². The van der Waals surface area contributed by atoms with Gasteiger partial charge in [-0.25, -0.2) is 4.79 Å². The third-order valence-corrected chi connectivity index (χ3v) is 3.71. The zero-order valence-corrected chi connectivity index (χ0v) is 13.4. The van der Waals surface area contributed by atoms with Crippen molar-refractivity contribution in [2.24, 2.45) is 0 Å². The average Bonchev–Trinajstić information content (AvgIpc) is 2.53. The number of aliphatic hydroxyl groups is 1. The molecule has 1 N–H and O–H groups in total. The predicted octanol–water partition coefficient (Wildman–Crippen LogP) is 3.01. The molecular weight excluding hydrogens is 278 g/mol. The Kier molecular flexibility index (Phi) is 4.83. The van der Waals surface area contributed by atoms with Crippen molar-refractivity contribution in [3.8, 4) is 11.1 Å². The fourth-order valence-electron chi connectivity index (χ4n) is 2.55. The van der Waals surface area contributed by atoms with Gasteiger partial charge in [0, 0.05) is 25.3 Å². The van der Waals surface area contributed by atoms with E-state index in [1.807, 2.05) is 56.3 Å². The van der Waals surface area contributed by atoms with E-state index in [-0.39, 0.29) is 12.6 Å². The molecule has 0 fully saturated rings. The SMILES string of the molecule is COC(=O)c1cc(N(C)C)c(CO)cc1-c1ccccc1C. The number of rotatable bonds is 4. The van der Waals surface area contributed by atoms with Gasteiger partial charge in [-0.2, -0.15) is 0 Å². The molecule has 0 spiro atoms. The highest BCUT2D eigenvalue weighted by Gasteiger charge is 2.19. The molecule has 4 heteroatoms. The van der Waals surface area contributed by atoms with Crippen LogP contribution >= 0.6 is 0 Å². The van der Waals surface area contributed by atoms with Crippen molar-refractivity contribution in [2.45, 2.75) is 13.5 Å². The highest BCUT2D eigenvalue weighted by Crippen LogP contribution is 2.33. The maximum absolute atomic E-state index is 12.2. The molecule has 0 aliphatic carbocycles. The van der Waals surface area contributed by atoms with Crippen LogP contribution in [-0.4, -0.2) is 32.3 Å². The van der Waals surface area contributed by atoms with Gasteiger partial charge in [-0.15, -0.1) is 0 Å². The second kappa shape index (κ2) is 6.62. The quantitative estimate of drug-likeness (QED) is 0.882. The largest absolute Gasteiger partial charge is 0.465 e. The second-order valence-corrected chi connectivity index (χ2v) is 5.39. The molecule has 0 bridgehead atoms. The number of esters is 1. The summed E-state index contributed by atoms with van der Waals surface area (Å²) >= 11 is 0. The van der Waals surface area contributed by atoms with Crippen molar-refractivity contribution in [1.29, 1.82) is 0 Å². The fraction of sp³-hybridized carbons (Fsp3) is 0.278. The molecule has 0 saturated carbocycles. The van der Waals surface area contributed by atoms with Crippen LogP contribution in [0.4, 0.5) is 5.69 Å². The molecule has 2 aromatic rings. The molecule has 116 valence electrons. The number of carbonyl (C=O) groups is 1.